The molecule has 0 saturated heterocycles. The first-order valence-electron chi connectivity index (χ1n) is 13.7. The second-order valence-electron chi connectivity index (χ2n) is 11.4. The SMILES string of the molecule is CC[C@@H](C(=O)NC(C)(C)C)N(Cc1ccccc1Cl)C(=O)CN(c1cc(C)ccc1C)S(=O)(=O)c1ccc(C)cc1. The third-order valence-corrected chi connectivity index (χ3v) is 8.85. The van der Waals surface area contributed by atoms with Crippen LogP contribution in [0.2, 0.25) is 5.02 Å². The van der Waals surface area contributed by atoms with Crippen molar-refractivity contribution in [2.24, 2.45) is 0 Å². The summed E-state index contributed by atoms with van der Waals surface area (Å²) >= 11 is 6.47. The molecule has 0 aliphatic carbocycles. The number of sulfonamides is 1. The van der Waals surface area contributed by atoms with Crippen LogP contribution in [0.3, 0.4) is 0 Å². The van der Waals surface area contributed by atoms with Gasteiger partial charge in [0.2, 0.25) is 11.8 Å². The highest BCUT2D eigenvalue weighted by Gasteiger charge is 2.35. The van der Waals surface area contributed by atoms with Gasteiger partial charge < -0.3 is 10.2 Å². The summed E-state index contributed by atoms with van der Waals surface area (Å²) in [5.74, 6) is -0.836. The van der Waals surface area contributed by atoms with Crippen LogP contribution in [-0.4, -0.2) is 43.3 Å². The first kappa shape index (κ1) is 32.2. The number of carbonyl (C=O) groups is 2. The van der Waals surface area contributed by atoms with E-state index in [4.69, 9.17) is 11.6 Å². The minimum atomic E-state index is -4.14. The Morgan fingerprint density at radius 3 is 2.12 bits per heavy atom. The molecule has 0 saturated carbocycles. The molecule has 0 aromatic heterocycles. The van der Waals surface area contributed by atoms with E-state index >= 15 is 0 Å². The molecule has 41 heavy (non-hydrogen) atoms. The van der Waals surface area contributed by atoms with Crippen LogP contribution in [0.4, 0.5) is 5.69 Å². The molecule has 0 aliphatic rings. The van der Waals surface area contributed by atoms with Crippen molar-refractivity contribution in [3.05, 3.63) is 94.0 Å². The van der Waals surface area contributed by atoms with E-state index < -0.39 is 34.1 Å². The quantitative estimate of drug-likeness (QED) is 0.302. The molecule has 0 heterocycles. The van der Waals surface area contributed by atoms with Gasteiger partial charge in [0.25, 0.3) is 10.0 Å². The standard InChI is InChI=1S/C32H40ClN3O4S/c1-8-28(31(38)34-32(5,6)7)35(20-25-11-9-10-12-27(25)33)30(37)21-36(29-19-23(3)13-16-24(29)4)41(39,40)26-17-14-22(2)15-18-26/h9-19,28H,8,20-21H2,1-7H3,(H,34,38)/t28-/m0/s1. The Balaban J connectivity index is 2.13. The average Bonchev–Trinajstić information content (AvgIpc) is 2.88. The maximum atomic E-state index is 14.2. The fraction of sp³-hybridized carbons (Fsp3) is 0.375. The number of benzene rings is 3. The van der Waals surface area contributed by atoms with Crippen LogP contribution in [0.1, 0.15) is 56.4 Å². The number of nitrogens with zero attached hydrogens (tertiary/aromatic N) is 2. The van der Waals surface area contributed by atoms with Crippen molar-refractivity contribution in [3.63, 3.8) is 0 Å². The Kier molecular flexibility index (Phi) is 10.3. The third-order valence-electron chi connectivity index (χ3n) is 6.70. The van der Waals surface area contributed by atoms with Crippen LogP contribution >= 0.6 is 11.6 Å². The Morgan fingerprint density at radius 2 is 1.54 bits per heavy atom. The van der Waals surface area contributed by atoms with Gasteiger partial charge >= 0.3 is 0 Å². The first-order valence-corrected chi connectivity index (χ1v) is 15.5. The fourth-order valence-electron chi connectivity index (χ4n) is 4.52. The van der Waals surface area contributed by atoms with E-state index in [1.807, 2.05) is 66.7 Å². The third kappa shape index (κ3) is 8.11. The number of aryl methyl sites for hydroxylation is 3. The maximum Gasteiger partial charge on any atom is 0.264 e. The zero-order chi connectivity index (χ0) is 30.5. The monoisotopic (exact) mass is 597 g/mol. The van der Waals surface area contributed by atoms with Gasteiger partial charge in [0.15, 0.2) is 0 Å². The minimum absolute atomic E-state index is 0.0415. The molecule has 0 unspecified atom stereocenters. The topological polar surface area (TPSA) is 86.8 Å². The highest BCUT2D eigenvalue weighted by atomic mass is 35.5. The maximum absolute atomic E-state index is 14.2. The second-order valence-corrected chi connectivity index (χ2v) is 13.7. The van der Waals surface area contributed by atoms with Crippen molar-refractivity contribution in [2.75, 3.05) is 10.8 Å². The Labute approximate surface area is 249 Å². The van der Waals surface area contributed by atoms with E-state index in [1.54, 1.807) is 48.5 Å². The Morgan fingerprint density at radius 1 is 0.927 bits per heavy atom. The molecule has 3 aromatic carbocycles. The summed E-state index contributed by atoms with van der Waals surface area (Å²) in [5.41, 5.74) is 3.01. The zero-order valence-electron chi connectivity index (χ0n) is 24.9. The van der Waals surface area contributed by atoms with Gasteiger partial charge in [-0.05, 0) is 88.9 Å². The molecule has 0 bridgehead atoms. The van der Waals surface area contributed by atoms with Crippen LogP contribution in [0, 0.1) is 20.8 Å². The summed E-state index contributed by atoms with van der Waals surface area (Å²) in [6.07, 6.45) is 0.326. The van der Waals surface area contributed by atoms with Crippen LogP contribution in [0.5, 0.6) is 0 Å². The van der Waals surface area contributed by atoms with E-state index in [-0.39, 0.29) is 17.3 Å². The molecule has 0 aliphatic heterocycles. The van der Waals surface area contributed by atoms with Gasteiger partial charge in [0, 0.05) is 17.1 Å². The Bertz CT molecular complexity index is 1500. The second kappa shape index (κ2) is 13.1. The zero-order valence-corrected chi connectivity index (χ0v) is 26.4. The minimum Gasteiger partial charge on any atom is -0.350 e. The molecule has 9 heteroatoms. The Hall–Kier alpha value is -3.36. The molecule has 1 atom stereocenters. The van der Waals surface area contributed by atoms with Gasteiger partial charge in [-0.1, -0.05) is 66.6 Å². The summed E-state index contributed by atoms with van der Waals surface area (Å²) in [5, 5.41) is 3.42. The highest BCUT2D eigenvalue weighted by molar-refractivity contribution is 7.92. The van der Waals surface area contributed by atoms with Crippen molar-refractivity contribution in [1.82, 2.24) is 10.2 Å². The fourth-order valence-corrected chi connectivity index (χ4v) is 6.19. The van der Waals surface area contributed by atoms with Gasteiger partial charge in [0.05, 0.1) is 10.6 Å². The van der Waals surface area contributed by atoms with Gasteiger partial charge in [-0.3, -0.25) is 13.9 Å². The lowest BCUT2D eigenvalue weighted by atomic mass is 10.1. The number of carbonyl (C=O) groups excluding carboxylic acids is 2. The van der Waals surface area contributed by atoms with Gasteiger partial charge in [-0.25, -0.2) is 8.42 Å². The summed E-state index contributed by atoms with van der Waals surface area (Å²) in [7, 11) is -4.14. The van der Waals surface area contributed by atoms with E-state index in [9.17, 15) is 18.0 Å². The first-order chi connectivity index (χ1) is 19.1. The molecular weight excluding hydrogens is 558 g/mol. The van der Waals surface area contributed by atoms with E-state index in [1.165, 1.54) is 4.90 Å². The molecular formula is C32H40ClN3O4S. The van der Waals surface area contributed by atoms with Crippen LogP contribution in [-0.2, 0) is 26.2 Å². The van der Waals surface area contributed by atoms with Crippen LogP contribution in [0.15, 0.2) is 71.6 Å². The normalized spacial score (nSPS) is 12.5. The molecule has 2 amide bonds. The molecule has 3 aromatic rings. The molecule has 0 spiro atoms. The van der Waals surface area contributed by atoms with Crippen LogP contribution in [0.25, 0.3) is 0 Å². The number of rotatable bonds is 10. The van der Waals surface area contributed by atoms with Gasteiger partial charge in [-0.2, -0.15) is 0 Å². The van der Waals surface area contributed by atoms with Gasteiger partial charge in [-0.15, -0.1) is 0 Å². The van der Waals surface area contributed by atoms with E-state index in [0.717, 1.165) is 15.4 Å². The van der Waals surface area contributed by atoms with Crippen molar-refractivity contribution in [1.29, 1.82) is 0 Å². The molecule has 220 valence electrons. The number of hydrogen-bond acceptors (Lipinski definition) is 4. The molecule has 3 rings (SSSR count). The number of hydrogen-bond donors (Lipinski definition) is 1. The van der Waals surface area contributed by atoms with Crippen LogP contribution < -0.4 is 9.62 Å². The largest absolute Gasteiger partial charge is 0.350 e. The summed E-state index contributed by atoms with van der Waals surface area (Å²) in [6, 6.07) is 18.3. The molecule has 1 N–H and O–H groups in total. The number of halogens is 1. The number of anilines is 1. The molecule has 0 radical (unpaired) electrons. The highest BCUT2D eigenvalue weighted by Crippen LogP contribution is 2.29. The lowest BCUT2D eigenvalue weighted by Gasteiger charge is -2.35. The number of amides is 2. The molecule has 0 fully saturated rings. The predicted octanol–water partition coefficient (Wildman–Crippen LogP) is 6.18. The lowest BCUT2D eigenvalue weighted by molar-refractivity contribution is -0.141. The van der Waals surface area contributed by atoms with Crippen molar-refractivity contribution in [2.45, 2.75) is 77.9 Å². The lowest BCUT2D eigenvalue weighted by Crippen LogP contribution is -2.55. The van der Waals surface area contributed by atoms with E-state index in [0.29, 0.717) is 28.3 Å². The summed E-state index contributed by atoms with van der Waals surface area (Å²) in [6.45, 7) is 12.5. The van der Waals surface area contributed by atoms with Crippen molar-refractivity contribution < 1.29 is 18.0 Å². The predicted molar refractivity (Wildman–Crippen MR) is 166 cm³/mol. The smallest absolute Gasteiger partial charge is 0.264 e. The summed E-state index contributed by atoms with van der Waals surface area (Å²) < 4.78 is 29.3. The average molecular weight is 598 g/mol. The molecule has 7 nitrogen and oxygen atoms in total. The summed E-state index contributed by atoms with van der Waals surface area (Å²) in [4.78, 5) is 29.2. The van der Waals surface area contributed by atoms with E-state index in [2.05, 4.69) is 5.32 Å². The number of nitrogens with one attached hydrogen (secondary N) is 1. The van der Waals surface area contributed by atoms with Crippen molar-refractivity contribution >= 4 is 39.1 Å². The van der Waals surface area contributed by atoms with Crippen molar-refractivity contribution in [3.8, 4) is 0 Å². The van der Waals surface area contributed by atoms with Gasteiger partial charge in [0.1, 0.15) is 12.6 Å².